The van der Waals surface area contributed by atoms with Crippen LogP contribution in [0.2, 0.25) is 0 Å². The van der Waals surface area contributed by atoms with Crippen LogP contribution in [-0.4, -0.2) is 64.5 Å². The first-order valence-corrected chi connectivity index (χ1v) is 12.9. The summed E-state index contributed by atoms with van der Waals surface area (Å²) in [6.07, 6.45) is 4.51. The van der Waals surface area contributed by atoms with Crippen LogP contribution in [-0.2, 0) is 4.74 Å². The summed E-state index contributed by atoms with van der Waals surface area (Å²) in [4.78, 5) is 10.8. The van der Waals surface area contributed by atoms with Gasteiger partial charge in [0.1, 0.15) is 5.82 Å². The van der Waals surface area contributed by atoms with Gasteiger partial charge in [-0.1, -0.05) is 19.9 Å². The molecule has 2 N–H and O–H groups in total. The summed E-state index contributed by atoms with van der Waals surface area (Å²) in [7, 11) is 1.91. The topological polar surface area (TPSA) is 70.5 Å². The highest BCUT2D eigenvalue weighted by atomic mass is 16.5. The van der Waals surface area contributed by atoms with Crippen molar-refractivity contribution in [3.8, 4) is 11.3 Å². The van der Waals surface area contributed by atoms with Crippen LogP contribution in [0.4, 0.5) is 0 Å². The maximum absolute atomic E-state index is 5.59. The molecular weight excluding hydrogens is 436 g/mol. The third-order valence-electron chi connectivity index (χ3n) is 7.31. The van der Waals surface area contributed by atoms with Crippen molar-refractivity contribution >= 4 is 16.6 Å². The number of nitrogens with zero attached hydrogens (tertiary/aromatic N) is 4. The molecule has 4 aromatic rings. The van der Waals surface area contributed by atoms with Crippen LogP contribution in [0.5, 0.6) is 0 Å². The lowest BCUT2D eigenvalue weighted by molar-refractivity contribution is 0.0858. The van der Waals surface area contributed by atoms with Gasteiger partial charge in [0.15, 0.2) is 5.65 Å². The van der Waals surface area contributed by atoms with E-state index < -0.39 is 0 Å². The van der Waals surface area contributed by atoms with E-state index in [1.54, 1.807) is 0 Å². The Kier molecular flexibility index (Phi) is 6.91. The lowest BCUT2D eigenvalue weighted by atomic mass is 9.87. The molecule has 1 fully saturated rings. The van der Waals surface area contributed by atoms with E-state index in [0.29, 0.717) is 18.6 Å². The van der Waals surface area contributed by atoms with Crippen molar-refractivity contribution in [3.05, 3.63) is 53.0 Å². The Bertz CT molecular complexity index is 1310. The van der Waals surface area contributed by atoms with Crippen molar-refractivity contribution < 1.29 is 4.74 Å². The summed E-state index contributed by atoms with van der Waals surface area (Å²) in [5, 5.41) is 8.96. The number of ether oxygens (including phenoxy) is 1. The second-order valence-corrected chi connectivity index (χ2v) is 10.2. The van der Waals surface area contributed by atoms with Crippen molar-refractivity contribution in [1.29, 1.82) is 0 Å². The zero-order chi connectivity index (χ0) is 24.5. The van der Waals surface area contributed by atoms with Gasteiger partial charge in [0.2, 0.25) is 0 Å². The molecule has 35 heavy (non-hydrogen) atoms. The fourth-order valence-electron chi connectivity index (χ4n) is 5.56. The molecule has 186 valence electrons. The number of benzene rings is 1. The zero-order valence-electron chi connectivity index (χ0n) is 21.7. The van der Waals surface area contributed by atoms with Gasteiger partial charge in [-0.05, 0) is 93.6 Å². The van der Waals surface area contributed by atoms with Crippen LogP contribution < -0.4 is 5.32 Å². The van der Waals surface area contributed by atoms with Gasteiger partial charge >= 0.3 is 0 Å². The molecule has 4 heterocycles. The highest BCUT2D eigenvalue weighted by Crippen LogP contribution is 2.38. The molecule has 1 aromatic carbocycles. The molecule has 1 aliphatic heterocycles. The van der Waals surface area contributed by atoms with E-state index in [1.807, 2.05) is 18.5 Å². The molecule has 0 bridgehead atoms. The Balaban J connectivity index is 1.42. The summed E-state index contributed by atoms with van der Waals surface area (Å²) in [5.74, 6) is 1.82. The number of hydrogen-bond acceptors (Lipinski definition) is 5. The van der Waals surface area contributed by atoms with Gasteiger partial charge in [-0.15, -0.1) is 0 Å². The Morgan fingerprint density at radius 1 is 1.17 bits per heavy atom. The number of likely N-dealkylation sites (tertiary alicyclic amines) is 1. The number of hydrogen-bond donors (Lipinski definition) is 2. The van der Waals surface area contributed by atoms with E-state index in [0.717, 1.165) is 48.8 Å². The van der Waals surface area contributed by atoms with E-state index >= 15 is 0 Å². The van der Waals surface area contributed by atoms with Crippen molar-refractivity contribution in [2.24, 2.45) is 0 Å². The minimum atomic E-state index is 0.405. The number of aromatic nitrogens is 4. The van der Waals surface area contributed by atoms with E-state index in [2.05, 4.69) is 76.5 Å². The number of aryl methyl sites for hydroxylation is 2. The molecule has 1 aliphatic rings. The third kappa shape index (κ3) is 4.85. The predicted octanol–water partition coefficient (Wildman–Crippen LogP) is 4.99. The molecule has 0 aliphatic carbocycles. The Labute approximate surface area is 207 Å². The summed E-state index contributed by atoms with van der Waals surface area (Å²) in [5.41, 5.74) is 8.48. The molecule has 0 unspecified atom stereocenters. The number of pyridine rings is 1. The molecule has 7 heteroatoms. The highest BCUT2D eigenvalue weighted by Gasteiger charge is 2.23. The first kappa shape index (κ1) is 24.0. The first-order valence-electron chi connectivity index (χ1n) is 12.9. The molecule has 0 spiro atoms. The maximum atomic E-state index is 5.59. The normalized spacial score (nSPS) is 15.7. The molecule has 7 nitrogen and oxygen atoms in total. The van der Waals surface area contributed by atoms with Crippen molar-refractivity contribution in [2.75, 3.05) is 40.0 Å². The summed E-state index contributed by atoms with van der Waals surface area (Å²) in [6, 6.07) is 9.30. The number of H-pyrrole nitrogens is 1. The van der Waals surface area contributed by atoms with Gasteiger partial charge in [-0.3, -0.25) is 5.32 Å². The van der Waals surface area contributed by atoms with Crippen LogP contribution in [0.1, 0.15) is 61.0 Å². The molecular formula is C28H38N6O. The molecule has 1 saturated heterocycles. The van der Waals surface area contributed by atoms with E-state index in [9.17, 15) is 0 Å². The van der Waals surface area contributed by atoms with Crippen molar-refractivity contribution in [1.82, 2.24) is 29.8 Å². The van der Waals surface area contributed by atoms with Gasteiger partial charge in [0, 0.05) is 29.2 Å². The summed E-state index contributed by atoms with van der Waals surface area (Å²) >= 11 is 0. The van der Waals surface area contributed by atoms with Crippen LogP contribution in [0.25, 0.3) is 27.8 Å². The molecule has 0 radical (unpaired) electrons. The Morgan fingerprint density at radius 3 is 2.71 bits per heavy atom. The quantitative estimate of drug-likeness (QED) is 0.278. The standard InChI is InChI=1S/C28H38N6O/c1-18(2)26-24-15-22(21-8-10-33(11-9-21)12-13-35-17-29-5)6-7-25(24)31-27(26)23-14-19(3)28-30-20(4)32-34(28)16-23/h6-7,14-16,18,21,29,31H,8-13,17H2,1-5H3. The van der Waals surface area contributed by atoms with Crippen molar-refractivity contribution in [2.45, 2.75) is 52.4 Å². The van der Waals surface area contributed by atoms with Gasteiger partial charge in [-0.25, -0.2) is 9.50 Å². The highest BCUT2D eigenvalue weighted by molar-refractivity contribution is 5.92. The molecule has 0 saturated carbocycles. The second kappa shape index (κ2) is 10.1. The van der Waals surface area contributed by atoms with E-state index in [-0.39, 0.29) is 0 Å². The summed E-state index contributed by atoms with van der Waals surface area (Å²) < 4.78 is 7.50. The second-order valence-electron chi connectivity index (χ2n) is 10.2. The smallest absolute Gasteiger partial charge is 0.158 e. The fraction of sp³-hybridized carbons (Fsp3) is 0.500. The van der Waals surface area contributed by atoms with E-state index in [4.69, 9.17) is 4.74 Å². The number of fused-ring (bicyclic) bond motifs is 2. The lowest BCUT2D eigenvalue weighted by Gasteiger charge is -2.32. The van der Waals surface area contributed by atoms with Gasteiger partial charge in [0.25, 0.3) is 0 Å². The van der Waals surface area contributed by atoms with E-state index in [1.165, 1.54) is 40.6 Å². The third-order valence-corrected chi connectivity index (χ3v) is 7.31. The van der Waals surface area contributed by atoms with Gasteiger partial charge < -0.3 is 14.6 Å². The Hall–Kier alpha value is -2.74. The summed E-state index contributed by atoms with van der Waals surface area (Å²) in [6.45, 7) is 13.3. The lowest BCUT2D eigenvalue weighted by Crippen LogP contribution is -2.35. The number of piperidine rings is 1. The number of nitrogens with one attached hydrogen (secondary N) is 2. The molecule has 0 amide bonds. The monoisotopic (exact) mass is 474 g/mol. The zero-order valence-corrected chi connectivity index (χ0v) is 21.7. The van der Waals surface area contributed by atoms with Crippen LogP contribution in [0.3, 0.4) is 0 Å². The molecule has 5 rings (SSSR count). The van der Waals surface area contributed by atoms with Gasteiger partial charge in [-0.2, -0.15) is 5.10 Å². The Morgan fingerprint density at radius 2 is 1.97 bits per heavy atom. The van der Waals surface area contributed by atoms with Gasteiger partial charge in [0.05, 0.1) is 19.0 Å². The minimum absolute atomic E-state index is 0.405. The van der Waals surface area contributed by atoms with Crippen LogP contribution >= 0.6 is 0 Å². The van der Waals surface area contributed by atoms with Crippen LogP contribution in [0, 0.1) is 13.8 Å². The average Bonchev–Trinajstić information content (AvgIpc) is 3.42. The average molecular weight is 475 g/mol. The predicted molar refractivity (Wildman–Crippen MR) is 142 cm³/mol. The number of aromatic amines is 1. The fourth-order valence-corrected chi connectivity index (χ4v) is 5.56. The van der Waals surface area contributed by atoms with Crippen molar-refractivity contribution in [3.63, 3.8) is 0 Å². The first-order chi connectivity index (χ1) is 16.9. The molecule has 3 aromatic heterocycles. The largest absolute Gasteiger partial charge is 0.365 e. The maximum Gasteiger partial charge on any atom is 0.158 e. The van der Waals surface area contributed by atoms with Crippen LogP contribution in [0.15, 0.2) is 30.5 Å². The minimum Gasteiger partial charge on any atom is -0.365 e. The SMILES string of the molecule is CNCOCCN1CCC(c2ccc3[nH]c(-c4cc(C)c5nc(C)nn5c4)c(C(C)C)c3c2)CC1. The number of rotatable bonds is 8. The molecule has 0 atom stereocenters.